The summed E-state index contributed by atoms with van der Waals surface area (Å²) in [7, 11) is 0. The first-order chi connectivity index (χ1) is 12.3. The molecule has 0 fully saturated rings. The summed E-state index contributed by atoms with van der Waals surface area (Å²) in [6, 6.07) is 10.3. The minimum Gasteiger partial charge on any atom is -0.264 e. The van der Waals surface area contributed by atoms with Crippen LogP contribution in [0.1, 0.15) is 5.56 Å². The van der Waals surface area contributed by atoms with E-state index in [4.69, 9.17) is 0 Å². The molecule has 25 heavy (non-hydrogen) atoms. The zero-order valence-electron chi connectivity index (χ0n) is 13.8. The van der Waals surface area contributed by atoms with Crippen molar-refractivity contribution in [1.29, 1.82) is 0 Å². The fraction of sp³-hybridized carbons (Fsp3) is 0.0476. The normalized spacial score (nSPS) is 10.6. The first-order valence-electron chi connectivity index (χ1n) is 8.02. The van der Waals surface area contributed by atoms with Gasteiger partial charge in [0.05, 0.1) is 0 Å². The highest BCUT2D eigenvalue weighted by molar-refractivity contribution is 5.74. The molecule has 0 saturated carbocycles. The summed E-state index contributed by atoms with van der Waals surface area (Å²) in [6.45, 7) is 2.04. The van der Waals surface area contributed by atoms with Gasteiger partial charge in [0.25, 0.3) is 0 Å². The largest absolute Gasteiger partial charge is 0.264 e. The van der Waals surface area contributed by atoms with Gasteiger partial charge in [0.1, 0.15) is 0 Å². The Morgan fingerprint density at radius 2 is 1.00 bits per heavy atom. The molecule has 0 amide bonds. The maximum absolute atomic E-state index is 4.40. The minimum absolute atomic E-state index is 1.02. The Morgan fingerprint density at radius 1 is 0.520 bits per heavy atom. The molecule has 0 aliphatic heterocycles. The monoisotopic (exact) mass is 324 g/mol. The van der Waals surface area contributed by atoms with Crippen molar-refractivity contribution >= 4 is 0 Å². The number of aryl methyl sites for hydroxylation is 1. The topological polar surface area (TPSA) is 51.6 Å². The molecule has 4 aromatic rings. The molecule has 0 unspecified atom stereocenters. The number of aromatic nitrogens is 4. The van der Waals surface area contributed by atoms with Crippen LogP contribution in [-0.2, 0) is 0 Å². The molecule has 0 saturated heterocycles. The van der Waals surface area contributed by atoms with Gasteiger partial charge in [0.15, 0.2) is 0 Å². The predicted molar refractivity (Wildman–Crippen MR) is 98.7 cm³/mol. The standard InChI is InChI=1S/C21H16N4/c1-15-5-17(10-23-8-15)19-7-21(14-25-12-19)20-6-18(11-24-13-20)16-3-2-4-22-9-16/h2-14H,1H3. The van der Waals surface area contributed by atoms with Gasteiger partial charge in [-0.3, -0.25) is 19.9 Å². The molecule has 0 bridgehead atoms. The van der Waals surface area contributed by atoms with E-state index in [1.54, 1.807) is 6.20 Å². The van der Waals surface area contributed by atoms with E-state index in [2.05, 4.69) is 38.1 Å². The summed E-state index contributed by atoms with van der Waals surface area (Å²) in [5, 5.41) is 0. The molecule has 4 nitrogen and oxygen atoms in total. The molecule has 0 aromatic carbocycles. The van der Waals surface area contributed by atoms with Crippen LogP contribution in [0, 0.1) is 6.92 Å². The van der Waals surface area contributed by atoms with Crippen LogP contribution in [0.5, 0.6) is 0 Å². The molecular formula is C21H16N4. The van der Waals surface area contributed by atoms with Crippen molar-refractivity contribution in [3.8, 4) is 33.4 Å². The summed E-state index contributed by atoms with van der Waals surface area (Å²) >= 11 is 0. The zero-order valence-corrected chi connectivity index (χ0v) is 13.8. The summed E-state index contributed by atoms with van der Waals surface area (Å²) in [5.74, 6) is 0. The van der Waals surface area contributed by atoms with Gasteiger partial charge in [0, 0.05) is 83.0 Å². The molecule has 4 aromatic heterocycles. The molecule has 0 atom stereocenters. The van der Waals surface area contributed by atoms with Crippen LogP contribution in [0.15, 0.2) is 79.9 Å². The molecule has 0 N–H and O–H groups in total. The first-order valence-corrected chi connectivity index (χ1v) is 8.02. The average molecular weight is 324 g/mol. The van der Waals surface area contributed by atoms with Crippen molar-refractivity contribution in [2.45, 2.75) is 6.92 Å². The van der Waals surface area contributed by atoms with E-state index in [9.17, 15) is 0 Å². The number of rotatable bonds is 3. The fourth-order valence-electron chi connectivity index (χ4n) is 2.76. The van der Waals surface area contributed by atoms with E-state index < -0.39 is 0 Å². The van der Waals surface area contributed by atoms with Crippen molar-refractivity contribution < 1.29 is 0 Å². The van der Waals surface area contributed by atoms with E-state index in [0.717, 1.165) is 38.9 Å². The second kappa shape index (κ2) is 6.61. The third-order valence-electron chi connectivity index (χ3n) is 4.01. The number of pyridine rings is 4. The van der Waals surface area contributed by atoms with Crippen molar-refractivity contribution in [2.24, 2.45) is 0 Å². The summed E-state index contributed by atoms with van der Waals surface area (Å²) in [5.41, 5.74) is 7.36. The van der Waals surface area contributed by atoms with Gasteiger partial charge >= 0.3 is 0 Å². The van der Waals surface area contributed by atoms with Crippen molar-refractivity contribution in [3.63, 3.8) is 0 Å². The quantitative estimate of drug-likeness (QED) is 0.553. The van der Waals surface area contributed by atoms with Gasteiger partial charge < -0.3 is 0 Å². The molecule has 0 spiro atoms. The van der Waals surface area contributed by atoms with E-state index in [1.165, 1.54) is 0 Å². The Bertz CT molecular complexity index is 1010. The molecule has 120 valence electrons. The lowest BCUT2D eigenvalue weighted by Crippen LogP contribution is -1.88. The van der Waals surface area contributed by atoms with E-state index in [0.29, 0.717) is 0 Å². The third kappa shape index (κ3) is 3.28. The molecule has 0 aliphatic rings. The Hall–Kier alpha value is -3.40. The van der Waals surface area contributed by atoms with Gasteiger partial charge in [-0.15, -0.1) is 0 Å². The van der Waals surface area contributed by atoms with Crippen LogP contribution in [0.2, 0.25) is 0 Å². The Kier molecular flexibility index (Phi) is 4.01. The Labute approximate surface area is 146 Å². The molecular weight excluding hydrogens is 308 g/mol. The Morgan fingerprint density at radius 3 is 1.52 bits per heavy atom. The molecule has 4 heterocycles. The first kappa shape index (κ1) is 15.1. The average Bonchev–Trinajstić information content (AvgIpc) is 2.69. The summed E-state index contributed by atoms with van der Waals surface area (Å²) < 4.78 is 0. The van der Waals surface area contributed by atoms with Crippen LogP contribution >= 0.6 is 0 Å². The summed E-state index contributed by atoms with van der Waals surface area (Å²) in [6.07, 6.45) is 14.7. The van der Waals surface area contributed by atoms with E-state index in [1.807, 2.05) is 62.4 Å². The van der Waals surface area contributed by atoms with Crippen LogP contribution in [0.3, 0.4) is 0 Å². The number of hydrogen-bond acceptors (Lipinski definition) is 4. The lowest BCUT2D eigenvalue weighted by molar-refractivity contribution is 1.25. The van der Waals surface area contributed by atoms with Gasteiger partial charge in [0.2, 0.25) is 0 Å². The molecule has 0 aliphatic carbocycles. The highest BCUT2D eigenvalue weighted by atomic mass is 14.7. The van der Waals surface area contributed by atoms with Gasteiger partial charge in [-0.05, 0) is 36.8 Å². The van der Waals surface area contributed by atoms with Crippen LogP contribution in [-0.4, -0.2) is 19.9 Å². The highest BCUT2D eigenvalue weighted by Gasteiger charge is 2.06. The van der Waals surface area contributed by atoms with Gasteiger partial charge in [-0.1, -0.05) is 6.07 Å². The van der Waals surface area contributed by atoms with Crippen molar-refractivity contribution in [2.75, 3.05) is 0 Å². The lowest BCUT2D eigenvalue weighted by atomic mass is 10.0. The number of nitrogens with zero attached hydrogens (tertiary/aromatic N) is 4. The maximum atomic E-state index is 4.40. The highest BCUT2D eigenvalue weighted by Crippen LogP contribution is 2.27. The lowest BCUT2D eigenvalue weighted by Gasteiger charge is -2.07. The van der Waals surface area contributed by atoms with E-state index >= 15 is 0 Å². The zero-order chi connectivity index (χ0) is 17.1. The smallest absolute Gasteiger partial charge is 0.0347 e. The fourth-order valence-corrected chi connectivity index (χ4v) is 2.76. The second-order valence-electron chi connectivity index (χ2n) is 5.92. The van der Waals surface area contributed by atoms with Crippen molar-refractivity contribution in [1.82, 2.24) is 19.9 Å². The SMILES string of the molecule is Cc1cncc(-c2cncc(-c3cncc(-c4cccnc4)c3)c2)c1. The molecule has 0 radical (unpaired) electrons. The van der Waals surface area contributed by atoms with Gasteiger partial charge in [-0.25, -0.2) is 0 Å². The van der Waals surface area contributed by atoms with Crippen LogP contribution < -0.4 is 0 Å². The Balaban J connectivity index is 1.75. The predicted octanol–water partition coefficient (Wildman–Crippen LogP) is 4.58. The van der Waals surface area contributed by atoms with Crippen LogP contribution in [0.4, 0.5) is 0 Å². The van der Waals surface area contributed by atoms with Crippen LogP contribution in [0.25, 0.3) is 33.4 Å². The third-order valence-corrected chi connectivity index (χ3v) is 4.01. The molecule has 4 heteroatoms. The summed E-state index contributed by atoms with van der Waals surface area (Å²) in [4.78, 5) is 17.2. The number of hydrogen-bond donors (Lipinski definition) is 0. The molecule has 4 rings (SSSR count). The van der Waals surface area contributed by atoms with Gasteiger partial charge in [-0.2, -0.15) is 0 Å². The maximum Gasteiger partial charge on any atom is 0.0347 e. The van der Waals surface area contributed by atoms with E-state index in [-0.39, 0.29) is 0 Å². The minimum atomic E-state index is 1.02. The second-order valence-corrected chi connectivity index (χ2v) is 5.92. The van der Waals surface area contributed by atoms with Crippen molar-refractivity contribution in [3.05, 3.63) is 85.5 Å².